The van der Waals surface area contributed by atoms with Gasteiger partial charge in [-0.15, -0.1) is 0 Å². The molecule has 0 aliphatic carbocycles. The lowest BCUT2D eigenvalue weighted by molar-refractivity contribution is 1.53. The first-order valence-corrected chi connectivity index (χ1v) is 3.49. The van der Waals surface area contributed by atoms with Crippen LogP contribution in [-0.2, 0) is 0 Å². The molecule has 0 fully saturated rings. The van der Waals surface area contributed by atoms with Crippen LogP contribution in [0.4, 0.5) is 5.69 Å². The van der Waals surface area contributed by atoms with Crippen LogP contribution in [0.3, 0.4) is 0 Å². The van der Waals surface area contributed by atoms with Gasteiger partial charge in [0.05, 0.1) is 10.7 Å². The van der Waals surface area contributed by atoms with Gasteiger partial charge in [-0.2, -0.15) is 0 Å². The number of anilines is 1. The summed E-state index contributed by atoms with van der Waals surface area (Å²) in [4.78, 5) is 0. The summed E-state index contributed by atoms with van der Waals surface area (Å²) in [6, 6.07) is 5.18. The van der Waals surface area contributed by atoms with Crippen molar-refractivity contribution in [1.82, 2.24) is 0 Å². The van der Waals surface area contributed by atoms with Crippen LogP contribution in [0.25, 0.3) is 5.70 Å². The molecular formula is C8H9ClN2. The number of halogens is 1. The van der Waals surface area contributed by atoms with Gasteiger partial charge in [0, 0.05) is 5.70 Å². The van der Waals surface area contributed by atoms with Gasteiger partial charge < -0.3 is 11.5 Å². The molecule has 0 saturated heterocycles. The van der Waals surface area contributed by atoms with E-state index in [9.17, 15) is 0 Å². The van der Waals surface area contributed by atoms with Crippen molar-refractivity contribution in [2.24, 2.45) is 5.73 Å². The van der Waals surface area contributed by atoms with Gasteiger partial charge in [0.15, 0.2) is 0 Å². The molecule has 0 spiro atoms. The van der Waals surface area contributed by atoms with E-state index in [2.05, 4.69) is 6.58 Å². The van der Waals surface area contributed by atoms with E-state index in [0.717, 1.165) is 5.56 Å². The molecule has 0 aliphatic heterocycles. The van der Waals surface area contributed by atoms with E-state index in [1.165, 1.54) is 0 Å². The number of rotatable bonds is 1. The molecule has 58 valence electrons. The maximum Gasteiger partial charge on any atom is 0.0635 e. The van der Waals surface area contributed by atoms with Crippen molar-refractivity contribution >= 4 is 23.0 Å². The lowest BCUT2D eigenvalue weighted by Gasteiger charge is -2.01. The Labute approximate surface area is 70.5 Å². The average Bonchev–Trinajstić information content (AvgIpc) is 1.94. The Balaban J connectivity index is 3.15. The summed E-state index contributed by atoms with van der Waals surface area (Å²) in [7, 11) is 0. The minimum Gasteiger partial charge on any atom is -0.399 e. The van der Waals surface area contributed by atoms with Gasteiger partial charge in [0.1, 0.15) is 0 Å². The molecule has 0 radical (unpaired) electrons. The molecular weight excluding hydrogens is 160 g/mol. The van der Waals surface area contributed by atoms with Gasteiger partial charge in [-0.1, -0.05) is 24.2 Å². The molecule has 0 heterocycles. The van der Waals surface area contributed by atoms with Crippen molar-refractivity contribution in [3.63, 3.8) is 0 Å². The summed E-state index contributed by atoms with van der Waals surface area (Å²) in [5, 5.41) is 0.537. The third kappa shape index (κ3) is 1.65. The summed E-state index contributed by atoms with van der Waals surface area (Å²) in [5.41, 5.74) is 12.8. The first-order chi connectivity index (χ1) is 5.11. The fourth-order valence-corrected chi connectivity index (χ4v) is 0.861. The molecule has 0 unspecified atom stereocenters. The van der Waals surface area contributed by atoms with Crippen molar-refractivity contribution < 1.29 is 0 Å². The number of hydrogen-bond acceptors (Lipinski definition) is 2. The first kappa shape index (κ1) is 7.95. The second-order valence-corrected chi connectivity index (χ2v) is 2.67. The van der Waals surface area contributed by atoms with Gasteiger partial charge in [-0.25, -0.2) is 0 Å². The maximum absolute atomic E-state index is 5.69. The maximum atomic E-state index is 5.69. The fourth-order valence-electron chi connectivity index (χ4n) is 0.743. The molecule has 0 amide bonds. The van der Waals surface area contributed by atoms with Crippen LogP contribution >= 0.6 is 11.6 Å². The van der Waals surface area contributed by atoms with Crippen LogP contribution < -0.4 is 11.5 Å². The van der Waals surface area contributed by atoms with E-state index in [4.69, 9.17) is 23.1 Å². The quantitative estimate of drug-likeness (QED) is 0.629. The Morgan fingerprint density at radius 2 is 2.09 bits per heavy atom. The molecule has 0 saturated carbocycles. The molecule has 4 N–H and O–H groups in total. The number of nitrogen functional groups attached to an aromatic ring is 1. The Hall–Kier alpha value is -1.15. The molecule has 3 heteroatoms. The van der Waals surface area contributed by atoms with Crippen molar-refractivity contribution in [3.05, 3.63) is 35.4 Å². The largest absolute Gasteiger partial charge is 0.399 e. The predicted octanol–water partition coefficient (Wildman–Crippen LogP) is 1.85. The summed E-state index contributed by atoms with van der Waals surface area (Å²) >= 11 is 5.69. The van der Waals surface area contributed by atoms with E-state index in [0.29, 0.717) is 16.4 Å². The van der Waals surface area contributed by atoms with Crippen LogP contribution in [-0.4, -0.2) is 0 Å². The van der Waals surface area contributed by atoms with E-state index in [1.54, 1.807) is 18.2 Å². The van der Waals surface area contributed by atoms with Crippen molar-refractivity contribution in [3.8, 4) is 0 Å². The van der Waals surface area contributed by atoms with Crippen LogP contribution in [0.5, 0.6) is 0 Å². The van der Waals surface area contributed by atoms with Gasteiger partial charge in [0.25, 0.3) is 0 Å². The average molecular weight is 169 g/mol. The van der Waals surface area contributed by atoms with Crippen molar-refractivity contribution in [2.75, 3.05) is 5.73 Å². The molecule has 0 atom stereocenters. The highest BCUT2D eigenvalue weighted by Gasteiger charge is 1.97. The third-order valence-electron chi connectivity index (χ3n) is 1.37. The molecule has 0 aromatic heterocycles. The topological polar surface area (TPSA) is 52.0 Å². The smallest absolute Gasteiger partial charge is 0.0635 e. The number of hydrogen-bond donors (Lipinski definition) is 2. The highest BCUT2D eigenvalue weighted by molar-refractivity contribution is 6.33. The highest BCUT2D eigenvalue weighted by atomic mass is 35.5. The predicted molar refractivity (Wildman–Crippen MR) is 49.1 cm³/mol. The van der Waals surface area contributed by atoms with Crippen LogP contribution in [0.2, 0.25) is 5.02 Å². The Morgan fingerprint density at radius 3 is 2.55 bits per heavy atom. The number of benzene rings is 1. The second-order valence-electron chi connectivity index (χ2n) is 2.26. The third-order valence-corrected chi connectivity index (χ3v) is 1.71. The summed E-state index contributed by atoms with van der Waals surface area (Å²) in [6.45, 7) is 3.58. The van der Waals surface area contributed by atoms with E-state index in [-0.39, 0.29) is 0 Å². The SMILES string of the molecule is C=C(N)c1ccc(Cl)c(N)c1. The summed E-state index contributed by atoms with van der Waals surface area (Å²) in [6.07, 6.45) is 0. The van der Waals surface area contributed by atoms with E-state index >= 15 is 0 Å². The monoisotopic (exact) mass is 168 g/mol. The van der Waals surface area contributed by atoms with Crippen LogP contribution in [0.15, 0.2) is 24.8 Å². The molecule has 0 aliphatic rings. The minimum absolute atomic E-state index is 0.494. The zero-order valence-electron chi connectivity index (χ0n) is 5.97. The van der Waals surface area contributed by atoms with Gasteiger partial charge in [0.2, 0.25) is 0 Å². The molecule has 0 bridgehead atoms. The van der Waals surface area contributed by atoms with Gasteiger partial charge in [-0.05, 0) is 17.7 Å². The molecule has 2 nitrogen and oxygen atoms in total. The number of nitrogens with two attached hydrogens (primary N) is 2. The van der Waals surface area contributed by atoms with Crippen molar-refractivity contribution in [1.29, 1.82) is 0 Å². The Morgan fingerprint density at radius 1 is 1.45 bits per heavy atom. The summed E-state index contributed by atoms with van der Waals surface area (Å²) in [5.74, 6) is 0. The van der Waals surface area contributed by atoms with E-state index < -0.39 is 0 Å². The second kappa shape index (κ2) is 2.84. The first-order valence-electron chi connectivity index (χ1n) is 3.11. The van der Waals surface area contributed by atoms with Gasteiger partial charge in [-0.3, -0.25) is 0 Å². The minimum atomic E-state index is 0.494. The molecule has 1 aromatic carbocycles. The molecule has 1 aromatic rings. The summed E-state index contributed by atoms with van der Waals surface area (Å²) < 4.78 is 0. The Kier molecular flexibility index (Phi) is 2.06. The van der Waals surface area contributed by atoms with E-state index in [1.807, 2.05) is 0 Å². The standard InChI is InChI=1S/C8H9ClN2/c1-5(10)6-2-3-7(9)8(11)4-6/h2-4H,1,10-11H2. The van der Waals surface area contributed by atoms with Crippen LogP contribution in [0, 0.1) is 0 Å². The van der Waals surface area contributed by atoms with Crippen molar-refractivity contribution in [2.45, 2.75) is 0 Å². The highest BCUT2D eigenvalue weighted by Crippen LogP contribution is 2.21. The lowest BCUT2D eigenvalue weighted by atomic mass is 10.1. The Bertz CT molecular complexity index is 294. The zero-order valence-corrected chi connectivity index (χ0v) is 6.73. The van der Waals surface area contributed by atoms with Gasteiger partial charge >= 0.3 is 0 Å². The normalized spacial score (nSPS) is 9.55. The molecule has 11 heavy (non-hydrogen) atoms. The molecule has 1 rings (SSSR count). The zero-order chi connectivity index (χ0) is 8.43. The fraction of sp³-hybridized carbons (Fsp3) is 0. The lowest BCUT2D eigenvalue weighted by Crippen LogP contribution is -1.95. The van der Waals surface area contributed by atoms with Crippen LogP contribution in [0.1, 0.15) is 5.56 Å².